The largest absolute Gasteiger partial charge is 0.497 e. The molecular weight excluding hydrogens is 257 g/mol. The summed E-state index contributed by atoms with van der Waals surface area (Å²) in [6.45, 7) is 2.00. The summed E-state index contributed by atoms with van der Waals surface area (Å²) in [7, 11) is 1.56. The molecule has 0 spiro atoms. The minimum atomic E-state index is -4.33. The van der Waals surface area contributed by atoms with Crippen LogP contribution in [-0.2, 0) is 4.74 Å². The van der Waals surface area contributed by atoms with Crippen molar-refractivity contribution in [1.29, 1.82) is 0 Å². The highest BCUT2D eigenvalue weighted by atomic mass is 19.4. The Hall–Kier alpha value is -1.93. The van der Waals surface area contributed by atoms with Crippen molar-refractivity contribution in [3.05, 3.63) is 42.0 Å². The van der Waals surface area contributed by atoms with Crippen molar-refractivity contribution in [2.75, 3.05) is 20.3 Å². The summed E-state index contributed by atoms with van der Waals surface area (Å²) in [5, 5.41) is 0. The molecule has 0 aromatic heterocycles. The molecule has 0 aliphatic carbocycles. The van der Waals surface area contributed by atoms with Gasteiger partial charge in [-0.15, -0.1) is 0 Å². The Morgan fingerprint density at radius 1 is 1.26 bits per heavy atom. The van der Waals surface area contributed by atoms with E-state index < -0.39 is 12.8 Å². The molecule has 0 fully saturated rings. The molecule has 0 atom stereocenters. The third-order valence-electron chi connectivity index (χ3n) is 2.02. The predicted molar refractivity (Wildman–Crippen MR) is 65.9 cm³/mol. The van der Waals surface area contributed by atoms with E-state index in [0.29, 0.717) is 11.3 Å². The van der Waals surface area contributed by atoms with Crippen LogP contribution in [0.4, 0.5) is 13.2 Å². The van der Waals surface area contributed by atoms with Crippen LogP contribution in [0.2, 0.25) is 0 Å². The topological polar surface area (TPSA) is 18.5 Å². The molecule has 0 unspecified atom stereocenters. The smallest absolute Gasteiger partial charge is 0.411 e. The highest BCUT2D eigenvalue weighted by Gasteiger charge is 2.27. The first-order valence-electron chi connectivity index (χ1n) is 5.39. The summed E-state index contributed by atoms with van der Waals surface area (Å²) in [6, 6.07) is 6.98. The fraction of sp³-hybridized carbons (Fsp3) is 0.286. The van der Waals surface area contributed by atoms with Gasteiger partial charge in [0.1, 0.15) is 12.4 Å². The number of methoxy groups -OCH3 is 1. The zero-order valence-electron chi connectivity index (χ0n) is 10.4. The minimum absolute atomic E-state index is 0.233. The number of rotatable bonds is 4. The van der Waals surface area contributed by atoms with Gasteiger partial charge in [-0.2, -0.15) is 13.2 Å². The normalized spacial score (nSPS) is 10.5. The summed E-state index contributed by atoms with van der Waals surface area (Å²) < 4.78 is 44.9. The molecule has 1 aromatic carbocycles. The van der Waals surface area contributed by atoms with Gasteiger partial charge in [0.15, 0.2) is 0 Å². The maximum absolute atomic E-state index is 11.8. The second-order valence-electron chi connectivity index (χ2n) is 3.69. The molecule has 0 aliphatic rings. The molecule has 0 saturated carbocycles. The molecule has 2 nitrogen and oxygen atoms in total. The number of benzene rings is 1. The second-order valence-corrected chi connectivity index (χ2v) is 3.69. The summed E-state index contributed by atoms with van der Waals surface area (Å²) in [6.07, 6.45) is -4.33. The van der Waals surface area contributed by atoms with Gasteiger partial charge in [-0.3, -0.25) is 0 Å². The Kier molecular flexibility index (Phi) is 5.46. The summed E-state index contributed by atoms with van der Waals surface area (Å²) >= 11 is 0. The van der Waals surface area contributed by atoms with Gasteiger partial charge in [0.05, 0.1) is 13.7 Å². The van der Waals surface area contributed by atoms with Crippen molar-refractivity contribution < 1.29 is 22.6 Å². The molecule has 0 amide bonds. The molecule has 1 aromatic rings. The lowest BCUT2D eigenvalue weighted by Gasteiger charge is -2.06. The summed E-state index contributed by atoms with van der Waals surface area (Å²) in [5.74, 6) is 6.13. The van der Waals surface area contributed by atoms with E-state index in [1.165, 1.54) is 0 Å². The standard InChI is InChI=1S/C14H13F3O2/c1-11(9-19-10-14(15,16)17)3-4-12-5-7-13(18-2)8-6-12/h5-8H,1,9-10H2,2H3. The molecular formula is C14H13F3O2. The Bertz CT molecular complexity index is 478. The fourth-order valence-corrected chi connectivity index (χ4v) is 1.16. The summed E-state index contributed by atoms with van der Waals surface area (Å²) in [5.41, 5.74) is 1.01. The molecule has 19 heavy (non-hydrogen) atoms. The average molecular weight is 270 g/mol. The number of hydrogen-bond donors (Lipinski definition) is 0. The maximum atomic E-state index is 11.8. The van der Waals surface area contributed by atoms with E-state index in [4.69, 9.17) is 4.74 Å². The molecule has 0 saturated heterocycles. The van der Waals surface area contributed by atoms with Crippen molar-refractivity contribution in [3.8, 4) is 17.6 Å². The van der Waals surface area contributed by atoms with Gasteiger partial charge in [0.25, 0.3) is 0 Å². The fourth-order valence-electron chi connectivity index (χ4n) is 1.16. The van der Waals surface area contributed by atoms with E-state index in [2.05, 4.69) is 23.2 Å². The highest BCUT2D eigenvalue weighted by molar-refractivity contribution is 5.42. The van der Waals surface area contributed by atoms with Crippen LogP contribution in [0.25, 0.3) is 0 Å². The molecule has 0 N–H and O–H groups in total. The van der Waals surface area contributed by atoms with Crippen LogP contribution < -0.4 is 4.74 Å². The predicted octanol–water partition coefficient (Wildman–Crippen LogP) is 3.18. The van der Waals surface area contributed by atoms with Crippen LogP contribution in [0.15, 0.2) is 36.4 Å². The van der Waals surface area contributed by atoms with Crippen molar-refractivity contribution in [2.24, 2.45) is 0 Å². The van der Waals surface area contributed by atoms with E-state index in [1.54, 1.807) is 31.4 Å². The van der Waals surface area contributed by atoms with Gasteiger partial charge in [-0.1, -0.05) is 18.4 Å². The van der Waals surface area contributed by atoms with Gasteiger partial charge in [-0.25, -0.2) is 0 Å². The first kappa shape index (κ1) is 15.1. The van der Waals surface area contributed by atoms with Crippen LogP contribution in [0.3, 0.4) is 0 Å². The summed E-state index contributed by atoms with van der Waals surface area (Å²) in [4.78, 5) is 0. The zero-order valence-corrected chi connectivity index (χ0v) is 10.4. The third-order valence-corrected chi connectivity index (χ3v) is 2.02. The number of ether oxygens (including phenoxy) is 2. The molecule has 0 bridgehead atoms. The molecule has 0 radical (unpaired) electrons. The monoisotopic (exact) mass is 270 g/mol. The lowest BCUT2D eigenvalue weighted by Crippen LogP contribution is -2.17. The van der Waals surface area contributed by atoms with E-state index in [0.717, 1.165) is 5.56 Å². The van der Waals surface area contributed by atoms with Gasteiger partial charge in [0.2, 0.25) is 0 Å². The third kappa shape index (κ3) is 6.53. The second kappa shape index (κ2) is 6.86. The van der Waals surface area contributed by atoms with Gasteiger partial charge in [-0.05, 0) is 24.3 Å². The van der Waals surface area contributed by atoms with E-state index in [-0.39, 0.29) is 6.61 Å². The van der Waals surface area contributed by atoms with E-state index in [1.807, 2.05) is 0 Å². The van der Waals surface area contributed by atoms with Crippen molar-refractivity contribution in [1.82, 2.24) is 0 Å². The number of hydrogen-bond acceptors (Lipinski definition) is 2. The molecule has 5 heteroatoms. The number of halogens is 3. The van der Waals surface area contributed by atoms with Crippen LogP contribution in [0, 0.1) is 11.8 Å². The van der Waals surface area contributed by atoms with Crippen molar-refractivity contribution in [2.45, 2.75) is 6.18 Å². The molecule has 0 heterocycles. The minimum Gasteiger partial charge on any atom is -0.497 e. The van der Waals surface area contributed by atoms with E-state index in [9.17, 15) is 13.2 Å². The molecule has 1 rings (SSSR count). The Morgan fingerprint density at radius 3 is 2.42 bits per heavy atom. The van der Waals surface area contributed by atoms with Gasteiger partial charge >= 0.3 is 6.18 Å². The Labute approximate surface area is 109 Å². The van der Waals surface area contributed by atoms with Crippen molar-refractivity contribution in [3.63, 3.8) is 0 Å². The Morgan fingerprint density at radius 2 is 1.89 bits per heavy atom. The first-order valence-corrected chi connectivity index (χ1v) is 5.39. The van der Waals surface area contributed by atoms with Crippen LogP contribution in [0.1, 0.15) is 5.56 Å². The SMILES string of the molecule is C=C(C#Cc1ccc(OC)cc1)COCC(F)(F)F. The lowest BCUT2D eigenvalue weighted by atomic mass is 10.2. The van der Waals surface area contributed by atoms with Crippen LogP contribution >= 0.6 is 0 Å². The van der Waals surface area contributed by atoms with Crippen LogP contribution in [0.5, 0.6) is 5.75 Å². The zero-order chi connectivity index (χ0) is 14.3. The number of alkyl halides is 3. The molecule has 0 aliphatic heterocycles. The van der Waals surface area contributed by atoms with Gasteiger partial charge in [0, 0.05) is 11.1 Å². The van der Waals surface area contributed by atoms with Crippen molar-refractivity contribution >= 4 is 0 Å². The quantitative estimate of drug-likeness (QED) is 0.782. The average Bonchev–Trinajstić information content (AvgIpc) is 2.35. The maximum Gasteiger partial charge on any atom is 0.411 e. The van der Waals surface area contributed by atoms with Crippen LogP contribution in [-0.4, -0.2) is 26.5 Å². The lowest BCUT2D eigenvalue weighted by molar-refractivity contribution is -0.171. The van der Waals surface area contributed by atoms with Gasteiger partial charge < -0.3 is 9.47 Å². The van der Waals surface area contributed by atoms with E-state index >= 15 is 0 Å². The highest BCUT2D eigenvalue weighted by Crippen LogP contribution is 2.14. The molecule has 102 valence electrons. The Balaban J connectivity index is 2.46. The first-order chi connectivity index (χ1) is 8.90.